The number of hydrogen-bond donors (Lipinski definition) is 2. The zero-order chi connectivity index (χ0) is 19.4. The molecule has 2 bridgehead atoms. The molecule has 0 radical (unpaired) electrons. The van der Waals surface area contributed by atoms with Gasteiger partial charge in [0, 0.05) is 17.6 Å². The van der Waals surface area contributed by atoms with Crippen LogP contribution in [0.4, 0.5) is 0 Å². The molecule has 0 aliphatic heterocycles. The van der Waals surface area contributed by atoms with Crippen LogP contribution < -0.4 is 5.32 Å². The number of aromatic hydroxyl groups is 1. The molecule has 27 heavy (non-hydrogen) atoms. The Bertz CT molecular complexity index is 704. The average Bonchev–Trinajstić information content (AvgIpc) is 3.16. The summed E-state index contributed by atoms with van der Waals surface area (Å²) >= 11 is 1.69. The first-order valence-electron chi connectivity index (χ1n) is 10.6. The Labute approximate surface area is 169 Å². The Kier molecular flexibility index (Phi) is 6.65. The molecule has 0 amide bonds. The van der Waals surface area contributed by atoms with Gasteiger partial charge < -0.3 is 10.4 Å². The first-order chi connectivity index (χ1) is 13.0. The summed E-state index contributed by atoms with van der Waals surface area (Å²) in [4.78, 5) is 0. The second-order valence-corrected chi connectivity index (χ2v) is 9.43. The zero-order valence-electron chi connectivity index (χ0n) is 17.3. The summed E-state index contributed by atoms with van der Waals surface area (Å²) < 4.78 is 0. The second kappa shape index (κ2) is 8.79. The Balaban J connectivity index is 0.00000102. The Morgan fingerprint density at radius 1 is 1.04 bits per heavy atom. The Morgan fingerprint density at radius 2 is 1.74 bits per heavy atom. The van der Waals surface area contributed by atoms with E-state index in [1.165, 1.54) is 37.7 Å². The lowest BCUT2D eigenvalue weighted by Crippen LogP contribution is -2.54. The van der Waals surface area contributed by atoms with Crippen LogP contribution in [0, 0.1) is 17.8 Å². The monoisotopic (exact) mass is 385 g/mol. The van der Waals surface area contributed by atoms with E-state index in [9.17, 15) is 5.11 Å². The highest BCUT2D eigenvalue weighted by molar-refractivity contribution is 7.08. The summed E-state index contributed by atoms with van der Waals surface area (Å²) in [5.74, 6) is 2.92. The van der Waals surface area contributed by atoms with Crippen LogP contribution in [0.3, 0.4) is 0 Å². The van der Waals surface area contributed by atoms with E-state index in [1.807, 2.05) is 19.9 Å². The highest BCUT2D eigenvalue weighted by Crippen LogP contribution is 2.47. The standard InChI is InChI=1S/C22H29NOS.C2H6/c1-15-7-17-8-16(2)11-22(10-15,12-17)23-13-19-4-3-18(9-21(19)24)20-5-6-25-14-20;1-2/h3-6,9,14-17,23-24H,7-8,10-13H2,1-2H3;1-2H3. The topological polar surface area (TPSA) is 32.3 Å². The zero-order valence-corrected chi connectivity index (χ0v) is 18.1. The molecule has 3 heteroatoms. The molecule has 4 rings (SSSR count). The SMILES string of the molecule is CC.CC1CC2CC(C)CC(NCc3ccc(-c4ccsc4)cc3O)(C1)C2. The van der Waals surface area contributed by atoms with Gasteiger partial charge in [-0.05, 0) is 83.9 Å². The van der Waals surface area contributed by atoms with Crippen molar-refractivity contribution < 1.29 is 5.11 Å². The third kappa shape index (κ3) is 4.75. The van der Waals surface area contributed by atoms with E-state index in [0.717, 1.165) is 35.4 Å². The Morgan fingerprint density at radius 3 is 2.33 bits per heavy atom. The normalized spacial score (nSPS) is 29.7. The molecule has 2 saturated carbocycles. The van der Waals surface area contributed by atoms with Gasteiger partial charge in [0.1, 0.15) is 5.75 Å². The van der Waals surface area contributed by atoms with Crippen LogP contribution in [0.25, 0.3) is 11.1 Å². The van der Waals surface area contributed by atoms with Gasteiger partial charge in [-0.25, -0.2) is 0 Å². The summed E-state index contributed by atoms with van der Waals surface area (Å²) in [5, 5.41) is 18.6. The molecular formula is C24H35NOS. The maximum atomic E-state index is 10.5. The molecule has 2 atom stereocenters. The molecule has 2 N–H and O–H groups in total. The van der Waals surface area contributed by atoms with Crippen molar-refractivity contribution in [1.82, 2.24) is 5.32 Å². The fourth-order valence-corrected chi connectivity index (χ4v) is 6.19. The quantitative estimate of drug-likeness (QED) is 0.604. The molecule has 2 unspecified atom stereocenters. The minimum Gasteiger partial charge on any atom is -0.508 e. The lowest BCUT2D eigenvalue weighted by atomic mass is 9.61. The number of phenolic OH excluding ortho intramolecular Hbond substituents is 1. The van der Waals surface area contributed by atoms with E-state index in [-0.39, 0.29) is 5.54 Å². The van der Waals surface area contributed by atoms with E-state index in [0.29, 0.717) is 5.75 Å². The third-order valence-electron chi connectivity index (χ3n) is 6.22. The van der Waals surface area contributed by atoms with E-state index in [1.54, 1.807) is 11.3 Å². The van der Waals surface area contributed by atoms with Gasteiger partial charge in [0.05, 0.1) is 0 Å². The van der Waals surface area contributed by atoms with Crippen LogP contribution in [0.15, 0.2) is 35.0 Å². The highest BCUT2D eigenvalue weighted by Gasteiger charge is 2.43. The number of fused-ring (bicyclic) bond motifs is 2. The summed E-state index contributed by atoms with van der Waals surface area (Å²) in [7, 11) is 0. The smallest absolute Gasteiger partial charge is 0.120 e. The van der Waals surface area contributed by atoms with E-state index >= 15 is 0 Å². The van der Waals surface area contributed by atoms with Crippen molar-refractivity contribution in [2.24, 2.45) is 17.8 Å². The van der Waals surface area contributed by atoms with Gasteiger partial charge in [-0.1, -0.05) is 39.8 Å². The van der Waals surface area contributed by atoms with Gasteiger partial charge in [-0.2, -0.15) is 11.3 Å². The first kappa shape index (κ1) is 20.4. The predicted octanol–water partition coefficient (Wildman–Crippen LogP) is 6.84. The first-order valence-corrected chi connectivity index (χ1v) is 11.6. The molecule has 2 aliphatic carbocycles. The number of hydrogen-bond acceptors (Lipinski definition) is 3. The van der Waals surface area contributed by atoms with E-state index < -0.39 is 0 Å². The minimum absolute atomic E-state index is 0.276. The second-order valence-electron chi connectivity index (χ2n) is 8.65. The summed E-state index contributed by atoms with van der Waals surface area (Å²) in [6, 6.07) is 8.23. The van der Waals surface area contributed by atoms with Crippen LogP contribution >= 0.6 is 11.3 Å². The van der Waals surface area contributed by atoms with Gasteiger partial charge in [0.15, 0.2) is 0 Å². The van der Waals surface area contributed by atoms with Crippen LogP contribution in [-0.2, 0) is 6.54 Å². The van der Waals surface area contributed by atoms with Gasteiger partial charge in [-0.15, -0.1) is 0 Å². The third-order valence-corrected chi connectivity index (χ3v) is 6.91. The lowest BCUT2D eigenvalue weighted by molar-refractivity contribution is 0.0541. The largest absolute Gasteiger partial charge is 0.508 e. The number of rotatable bonds is 4. The molecule has 1 aromatic carbocycles. The van der Waals surface area contributed by atoms with Crippen LogP contribution in [0.2, 0.25) is 0 Å². The van der Waals surface area contributed by atoms with Crippen molar-refractivity contribution >= 4 is 11.3 Å². The van der Waals surface area contributed by atoms with Gasteiger partial charge in [0.25, 0.3) is 0 Å². The minimum atomic E-state index is 0.276. The van der Waals surface area contributed by atoms with Crippen molar-refractivity contribution in [3.05, 3.63) is 40.6 Å². The van der Waals surface area contributed by atoms with Gasteiger partial charge in [0.2, 0.25) is 0 Å². The van der Waals surface area contributed by atoms with Crippen molar-refractivity contribution in [2.75, 3.05) is 0 Å². The highest BCUT2D eigenvalue weighted by atomic mass is 32.1. The molecule has 148 valence electrons. The maximum absolute atomic E-state index is 10.5. The fourth-order valence-electron chi connectivity index (χ4n) is 5.53. The maximum Gasteiger partial charge on any atom is 0.120 e. The molecule has 0 saturated heterocycles. The van der Waals surface area contributed by atoms with Crippen molar-refractivity contribution in [3.63, 3.8) is 0 Å². The molecule has 2 aromatic rings. The molecule has 1 heterocycles. The van der Waals surface area contributed by atoms with Crippen molar-refractivity contribution in [3.8, 4) is 16.9 Å². The average molecular weight is 386 g/mol. The lowest BCUT2D eigenvalue weighted by Gasteiger charge is -2.50. The summed E-state index contributed by atoms with van der Waals surface area (Å²) in [6.45, 7) is 9.58. The fraction of sp³-hybridized carbons (Fsp3) is 0.583. The number of thiophene rings is 1. The van der Waals surface area contributed by atoms with Crippen molar-refractivity contribution in [2.45, 2.75) is 71.9 Å². The number of nitrogens with one attached hydrogen (secondary N) is 1. The molecule has 0 spiro atoms. The van der Waals surface area contributed by atoms with Gasteiger partial charge >= 0.3 is 0 Å². The molecular weight excluding hydrogens is 350 g/mol. The van der Waals surface area contributed by atoms with Crippen molar-refractivity contribution in [1.29, 1.82) is 0 Å². The van der Waals surface area contributed by atoms with Crippen LogP contribution in [0.1, 0.15) is 65.4 Å². The number of benzene rings is 1. The van der Waals surface area contributed by atoms with Crippen LogP contribution in [0.5, 0.6) is 5.75 Å². The van der Waals surface area contributed by atoms with Crippen LogP contribution in [-0.4, -0.2) is 10.6 Å². The predicted molar refractivity (Wildman–Crippen MR) is 117 cm³/mol. The Hall–Kier alpha value is -1.32. The van der Waals surface area contributed by atoms with Gasteiger partial charge in [-0.3, -0.25) is 0 Å². The van der Waals surface area contributed by atoms with E-state index in [2.05, 4.69) is 48.1 Å². The summed E-state index contributed by atoms with van der Waals surface area (Å²) in [5.41, 5.74) is 3.57. The number of phenols is 1. The molecule has 2 nitrogen and oxygen atoms in total. The molecule has 1 aromatic heterocycles. The van der Waals surface area contributed by atoms with E-state index in [4.69, 9.17) is 0 Å². The molecule has 2 aliphatic rings. The summed E-state index contributed by atoms with van der Waals surface area (Å²) in [6.07, 6.45) is 6.67. The molecule has 2 fully saturated rings.